The Hall–Kier alpha value is -1.72. The minimum atomic E-state index is -0.588. The fourth-order valence-corrected chi connectivity index (χ4v) is 2.92. The quantitative estimate of drug-likeness (QED) is 0.780. The summed E-state index contributed by atoms with van der Waals surface area (Å²) >= 11 is 0. The van der Waals surface area contributed by atoms with E-state index in [1.165, 1.54) is 0 Å². The fourth-order valence-electron chi connectivity index (χ4n) is 2.92. The molecule has 1 amide bonds. The summed E-state index contributed by atoms with van der Waals surface area (Å²) < 4.78 is 0. The summed E-state index contributed by atoms with van der Waals surface area (Å²) in [6.45, 7) is 6.99. The third-order valence-electron chi connectivity index (χ3n) is 4.28. The molecule has 1 aliphatic rings. The van der Waals surface area contributed by atoms with E-state index in [1.807, 2.05) is 44.2 Å². The number of nitrogens with zero attached hydrogens (tertiary/aromatic N) is 1. The van der Waals surface area contributed by atoms with Gasteiger partial charge >= 0.3 is 0 Å². The molecule has 2 rings (SSSR count). The van der Waals surface area contributed by atoms with Gasteiger partial charge in [-0.05, 0) is 25.8 Å². The number of amides is 1. The highest BCUT2D eigenvalue weighted by atomic mass is 16.7. The molecule has 0 aliphatic carbocycles. The first-order chi connectivity index (χ1) is 11.4. The minimum absolute atomic E-state index is 0.0371. The van der Waals surface area contributed by atoms with Crippen LogP contribution in [-0.4, -0.2) is 41.3 Å². The molecule has 1 atom stereocenters. The van der Waals surface area contributed by atoms with E-state index in [2.05, 4.69) is 12.4 Å². The molecule has 0 spiro atoms. The lowest BCUT2D eigenvalue weighted by atomic mass is 10.0. The molecule has 0 saturated carbocycles. The van der Waals surface area contributed by atoms with Crippen molar-refractivity contribution in [3.8, 4) is 0 Å². The van der Waals surface area contributed by atoms with Gasteiger partial charge in [0.05, 0.1) is 13.0 Å². The number of piperidine rings is 1. The molecule has 1 aromatic carbocycles. The maximum absolute atomic E-state index is 12.5. The molecule has 5 nitrogen and oxygen atoms in total. The summed E-state index contributed by atoms with van der Waals surface area (Å²) in [5.41, 5.74) is 3.81. The van der Waals surface area contributed by atoms with Gasteiger partial charge in [0.15, 0.2) is 11.9 Å². The van der Waals surface area contributed by atoms with Crippen LogP contribution in [0.1, 0.15) is 45.6 Å². The van der Waals surface area contributed by atoms with Crippen LogP contribution in [0.3, 0.4) is 0 Å². The van der Waals surface area contributed by atoms with E-state index in [0.29, 0.717) is 25.9 Å². The van der Waals surface area contributed by atoms with E-state index in [9.17, 15) is 9.59 Å². The summed E-state index contributed by atoms with van der Waals surface area (Å²) in [6.07, 6.45) is 2.10. The van der Waals surface area contributed by atoms with E-state index in [1.54, 1.807) is 4.90 Å². The highest BCUT2D eigenvalue weighted by molar-refractivity contribution is 5.87. The van der Waals surface area contributed by atoms with Crippen LogP contribution in [0, 0.1) is 0 Å². The number of ketones is 1. The number of carbonyl (C=O) groups is 2. The number of rotatable bonds is 7. The molecule has 1 unspecified atom stereocenters. The normalized spacial score (nSPS) is 18.7. The van der Waals surface area contributed by atoms with Crippen LogP contribution in [0.4, 0.5) is 0 Å². The topological polar surface area (TPSA) is 58.6 Å². The Labute approximate surface area is 144 Å². The molecule has 1 aromatic rings. The SMILES string of the molecule is CCCC(C)(C)NOC1CN(C(=O)Cc2ccccc2)CCC1=O. The van der Waals surface area contributed by atoms with Gasteiger partial charge in [0.1, 0.15) is 0 Å². The molecule has 5 heteroatoms. The Kier molecular flexibility index (Phi) is 6.52. The van der Waals surface area contributed by atoms with Gasteiger partial charge in [-0.3, -0.25) is 14.4 Å². The van der Waals surface area contributed by atoms with Crippen LogP contribution < -0.4 is 5.48 Å². The number of nitrogens with one attached hydrogen (secondary N) is 1. The van der Waals surface area contributed by atoms with Crippen molar-refractivity contribution in [2.45, 2.75) is 58.1 Å². The van der Waals surface area contributed by atoms with Gasteiger partial charge in [-0.2, -0.15) is 5.48 Å². The summed E-state index contributed by atoms with van der Waals surface area (Å²) in [6, 6.07) is 9.66. The Balaban J connectivity index is 1.90. The molecule has 1 heterocycles. The average Bonchev–Trinajstić information content (AvgIpc) is 2.55. The zero-order valence-corrected chi connectivity index (χ0v) is 14.9. The Morgan fingerprint density at radius 1 is 1.33 bits per heavy atom. The Morgan fingerprint density at radius 2 is 2.04 bits per heavy atom. The highest BCUT2D eigenvalue weighted by Gasteiger charge is 2.32. The molecule has 1 aliphatic heterocycles. The fraction of sp³-hybridized carbons (Fsp3) is 0.579. The van der Waals surface area contributed by atoms with Crippen LogP contribution in [0.2, 0.25) is 0 Å². The van der Waals surface area contributed by atoms with Gasteiger partial charge in [0.25, 0.3) is 0 Å². The number of Topliss-reactive ketones (excluding diaryl/α,β-unsaturated/α-hetero) is 1. The van der Waals surface area contributed by atoms with Gasteiger partial charge < -0.3 is 4.90 Å². The van der Waals surface area contributed by atoms with Crippen LogP contribution in [0.5, 0.6) is 0 Å². The highest BCUT2D eigenvalue weighted by Crippen LogP contribution is 2.15. The maximum atomic E-state index is 12.5. The van der Waals surface area contributed by atoms with E-state index >= 15 is 0 Å². The van der Waals surface area contributed by atoms with Crippen molar-refractivity contribution in [2.24, 2.45) is 0 Å². The molecule has 24 heavy (non-hydrogen) atoms. The van der Waals surface area contributed by atoms with Crippen molar-refractivity contribution in [3.63, 3.8) is 0 Å². The lowest BCUT2D eigenvalue weighted by molar-refractivity contribution is -0.153. The van der Waals surface area contributed by atoms with Gasteiger partial charge in [0.2, 0.25) is 5.91 Å². The summed E-state index contributed by atoms with van der Waals surface area (Å²) in [5, 5.41) is 0. The van der Waals surface area contributed by atoms with Crippen molar-refractivity contribution in [3.05, 3.63) is 35.9 Å². The molecule has 1 N–H and O–H groups in total. The molecule has 0 bridgehead atoms. The smallest absolute Gasteiger partial charge is 0.227 e. The zero-order valence-electron chi connectivity index (χ0n) is 14.9. The second-order valence-electron chi connectivity index (χ2n) is 7.06. The monoisotopic (exact) mass is 332 g/mol. The van der Waals surface area contributed by atoms with Crippen molar-refractivity contribution < 1.29 is 14.4 Å². The second kappa shape index (κ2) is 8.40. The van der Waals surface area contributed by atoms with Crippen LogP contribution in [-0.2, 0) is 20.8 Å². The van der Waals surface area contributed by atoms with Crippen LogP contribution in [0.25, 0.3) is 0 Å². The molecule has 1 fully saturated rings. The van der Waals surface area contributed by atoms with Crippen molar-refractivity contribution in [1.29, 1.82) is 0 Å². The van der Waals surface area contributed by atoms with Gasteiger partial charge in [-0.15, -0.1) is 0 Å². The summed E-state index contributed by atoms with van der Waals surface area (Å²) in [4.78, 5) is 31.9. The zero-order chi connectivity index (χ0) is 17.6. The number of hydroxylamine groups is 1. The lowest BCUT2D eigenvalue weighted by Crippen LogP contribution is -2.52. The van der Waals surface area contributed by atoms with E-state index in [4.69, 9.17) is 4.84 Å². The number of hydrogen-bond donors (Lipinski definition) is 1. The van der Waals surface area contributed by atoms with Crippen molar-refractivity contribution >= 4 is 11.7 Å². The second-order valence-corrected chi connectivity index (χ2v) is 7.06. The molecule has 132 valence electrons. The maximum Gasteiger partial charge on any atom is 0.227 e. The Bertz CT molecular complexity index is 557. The number of carbonyl (C=O) groups excluding carboxylic acids is 2. The first-order valence-electron chi connectivity index (χ1n) is 8.68. The van der Waals surface area contributed by atoms with Gasteiger partial charge in [-0.25, -0.2) is 0 Å². The first kappa shape index (κ1) is 18.6. The minimum Gasteiger partial charge on any atom is -0.339 e. The third kappa shape index (κ3) is 5.42. The molecule has 1 saturated heterocycles. The number of benzene rings is 1. The van der Waals surface area contributed by atoms with E-state index in [0.717, 1.165) is 18.4 Å². The van der Waals surface area contributed by atoms with Crippen LogP contribution in [0.15, 0.2) is 30.3 Å². The number of hydrogen-bond acceptors (Lipinski definition) is 4. The van der Waals surface area contributed by atoms with E-state index < -0.39 is 6.10 Å². The first-order valence-corrected chi connectivity index (χ1v) is 8.68. The molecule has 0 radical (unpaired) electrons. The predicted molar refractivity (Wildman–Crippen MR) is 93.3 cm³/mol. The lowest BCUT2D eigenvalue weighted by Gasteiger charge is -2.34. The van der Waals surface area contributed by atoms with Crippen LogP contribution >= 0.6 is 0 Å². The standard InChI is InChI=1S/C19H28N2O3/c1-4-11-19(2,3)20-24-17-14-21(12-10-16(17)22)18(23)13-15-8-6-5-7-9-15/h5-9,17,20H,4,10-14H2,1-3H3. The third-order valence-corrected chi connectivity index (χ3v) is 4.28. The van der Waals surface area contributed by atoms with Crippen molar-refractivity contribution in [1.82, 2.24) is 10.4 Å². The predicted octanol–water partition coefficient (Wildman–Crippen LogP) is 2.50. The van der Waals surface area contributed by atoms with Crippen molar-refractivity contribution in [2.75, 3.05) is 13.1 Å². The average molecular weight is 332 g/mol. The Morgan fingerprint density at radius 3 is 2.71 bits per heavy atom. The number of likely N-dealkylation sites (tertiary alicyclic amines) is 1. The van der Waals surface area contributed by atoms with Gasteiger partial charge in [-0.1, -0.05) is 43.7 Å². The van der Waals surface area contributed by atoms with Gasteiger partial charge in [0, 0.05) is 18.5 Å². The molecular weight excluding hydrogens is 304 g/mol. The molecule has 0 aromatic heterocycles. The summed E-state index contributed by atoms with van der Waals surface area (Å²) in [5.74, 6) is 0.0914. The largest absolute Gasteiger partial charge is 0.339 e. The molecular formula is C19H28N2O3. The van der Waals surface area contributed by atoms with E-state index in [-0.39, 0.29) is 17.2 Å². The summed E-state index contributed by atoms with van der Waals surface area (Å²) in [7, 11) is 0.